The first-order valence-electron chi connectivity index (χ1n) is 8.62. The number of primary amides is 1. The molecule has 0 aliphatic carbocycles. The van der Waals surface area contributed by atoms with E-state index in [9.17, 15) is 9.59 Å². The number of fused-ring (bicyclic) bond motifs is 3. The maximum Gasteiger partial charge on any atom is 0.291 e. The molecule has 0 fully saturated rings. The van der Waals surface area contributed by atoms with Gasteiger partial charge < -0.3 is 21.0 Å². The molecule has 0 aliphatic rings. The highest BCUT2D eigenvalue weighted by atomic mass is 32.1. The van der Waals surface area contributed by atoms with Crippen LogP contribution in [0.25, 0.3) is 21.3 Å². The van der Waals surface area contributed by atoms with Gasteiger partial charge in [-0.1, -0.05) is 6.58 Å². The number of nitrogens with one attached hydrogen (secondary N) is 1. The van der Waals surface area contributed by atoms with Crippen LogP contribution in [0, 0.1) is 0 Å². The number of hydrogen-bond donors (Lipinski definition) is 3. The standard InChI is InChI=1S/C18H18N8O2S/c1-9(3-4-19)5-12-24-17-15(29-12)10-6-23-26(18(28)14(10)25(17)2)7-11-13(16(20)27)22-8-21-11/h3-4,6,8H,1,5,7,19H2,2H3,(H2,20,27)(H,21,22)/b4-3-. The predicted molar refractivity (Wildman–Crippen MR) is 111 cm³/mol. The first-order valence-corrected chi connectivity index (χ1v) is 9.44. The Balaban J connectivity index is 1.78. The quantitative estimate of drug-likeness (QED) is 0.400. The molecule has 0 atom stereocenters. The fourth-order valence-corrected chi connectivity index (χ4v) is 4.37. The van der Waals surface area contributed by atoms with Gasteiger partial charge in [-0.25, -0.2) is 14.6 Å². The lowest BCUT2D eigenvalue weighted by molar-refractivity contribution is 0.0995. The summed E-state index contributed by atoms with van der Waals surface area (Å²) in [6.07, 6.45) is 6.75. The van der Waals surface area contributed by atoms with Gasteiger partial charge in [0, 0.05) is 18.9 Å². The normalized spacial score (nSPS) is 11.8. The van der Waals surface area contributed by atoms with Crippen molar-refractivity contribution < 1.29 is 4.79 Å². The van der Waals surface area contributed by atoms with E-state index in [1.807, 2.05) is 0 Å². The number of allylic oxidation sites excluding steroid dienone is 2. The lowest BCUT2D eigenvalue weighted by atomic mass is 10.2. The van der Waals surface area contributed by atoms with E-state index in [-0.39, 0.29) is 17.8 Å². The fraction of sp³-hybridized carbons (Fsp3) is 0.167. The number of hydrogen-bond acceptors (Lipinski definition) is 7. The van der Waals surface area contributed by atoms with Gasteiger partial charge in [-0.05, 0) is 17.8 Å². The smallest absolute Gasteiger partial charge is 0.291 e. The van der Waals surface area contributed by atoms with Crippen molar-refractivity contribution in [2.24, 2.45) is 18.5 Å². The number of carbonyl (C=O) groups is 1. The molecule has 0 aromatic carbocycles. The van der Waals surface area contributed by atoms with Crippen molar-refractivity contribution in [2.45, 2.75) is 13.0 Å². The van der Waals surface area contributed by atoms with Crippen LogP contribution in [-0.4, -0.2) is 35.2 Å². The molecule has 0 unspecified atom stereocenters. The number of rotatable bonds is 6. The van der Waals surface area contributed by atoms with E-state index in [2.05, 4.69) is 26.6 Å². The fourth-order valence-electron chi connectivity index (χ4n) is 3.21. The predicted octanol–water partition coefficient (Wildman–Crippen LogP) is 0.786. The van der Waals surface area contributed by atoms with E-state index in [4.69, 9.17) is 11.5 Å². The van der Waals surface area contributed by atoms with Gasteiger partial charge in [-0.2, -0.15) is 5.10 Å². The van der Waals surface area contributed by atoms with Crippen molar-refractivity contribution in [3.63, 3.8) is 0 Å². The number of carbonyl (C=O) groups excluding carboxylic acids is 1. The molecule has 148 valence electrons. The van der Waals surface area contributed by atoms with Crippen molar-refractivity contribution in [2.75, 3.05) is 0 Å². The van der Waals surface area contributed by atoms with E-state index < -0.39 is 5.91 Å². The highest BCUT2D eigenvalue weighted by Crippen LogP contribution is 2.31. The van der Waals surface area contributed by atoms with Crippen molar-refractivity contribution in [3.8, 4) is 0 Å². The van der Waals surface area contributed by atoms with Crippen molar-refractivity contribution in [1.29, 1.82) is 0 Å². The molecule has 1 amide bonds. The number of nitrogens with zero attached hydrogens (tertiary/aromatic N) is 5. The third kappa shape index (κ3) is 3.10. The maximum atomic E-state index is 13.0. The van der Waals surface area contributed by atoms with E-state index in [0.29, 0.717) is 23.3 Å². The molecule has 0 aliphatic heterocycles. The number of nitrogens with two attached hydrogens (primary N) is 2. The molecular weight excluding hydrogens is 392 g/mol. The van der Waals surface area contributed by atoms with E-state index in [1.165, 1.54) is 28.5 Å². The molecule has 29 heavy (non-hydrogen) atoms. The van der Waals surface area contributed by atoms with Crippen LogP contribution in [0.1, 0.15) is 21.2 Å². The SMILES string of the molecule is C=C(/C=C\N)Cc1nc2c(s1)c1cnn(Cc3[nH]cnc3C(N)=O)c(=O)c1n2C. The van der Waals surface area contributed by atoms with Crippen LogP contribution in [0.2, 0.25) is 0 Å². The monoisotopic (exact) mass is 410 g/mol. The molecule has 0 spiro atoms. The Labute approximate surface area is 168 Å². The highest BCUT2D eigenvalue weighted by molar-refractivity contribution is 7.19. The van der Waals surface area contributed by atoms with E-state index in [1.54, 1.807) is 23.9 Å². The van der Waals surface area contributed by atoms with Gasteiger partial charge in [0.1, 0.15) is 10.5 Å². The minimum absolute atomic E-state index is 0.0514. The van der Waals surface area contributed by atoms with Crippen molar-refractivity contribution >= 4 is 38.5 Å². The van der Waals surface area contributed by atoms with E-state index >= 15 is 0 Å². The van der Waals surface area contributed by atoms with E-state index in [0.717, 1.165) is 20.7 Å². The number of thiazole rings is 1. The highest BCUT2D eigenvalue weighted by Gasteiger charge is 2.19. The molecule has 0 bridgehead atoms. The molecule has 4 heterocycles. The van der Waals surface area contributed by atoms with Crippen LogP contribution in [-0.2, 0) is 20.0 Å². The number of aryl methyl sites for hydroxylation is 1. The van der Waals surface area contributed by atoms with Crippen LogP contribution in [0.15, 0.2) is 41.7 Å². The molecule has 10 nitrogen and oxygen atoms in total. The molecule has 0 saturated heterocycles. The minimum Gasteiger partial charge on any atom is -0.405 e. The van der Waals surface area contributed by atoms with Crippen molar-refractivity contribution in [3.05, 3.63) is 63.7 Å². The Morgan fingerprint density at radius 1 is 1.45 bits per heavy atom. The summed E-state index contributed by atoms with van der Waals surface area (Å²) in [6.45, 7) is 4.00. The summed E-state index contributed by atoms with van der Waals surface area (Å²) in [5.74, 6) is -0.669. The number of amides is 1. The molecule has 0 radical (unpaired) electrons. The molecule has 4 aromatic rings. The van der Waals surface area contributed by atoms with Gasteiger partial charge in [0.05, 0.1) is 29.5 Å². The van der Waals surface area contributed by atoms with Crippen LogP contribution in [0.5, 0.6) is 0 Å². The third-order valence-corrected chi connectivity index (χ3v) is 5.62. The Kier molecular flexibility index (Phi) is 4.51. The number of H-pyrrole nitrogens is 1. The Hall–Kier alpha value is -3.73. The van der Waals surface area contributed by atoms with Crippen LogP contribution in [0.4, 0.5) is 0 Å². The second-order valence-electron chi connectivity index (χ2n) is 6.48. The van der Waals surface area contributed by atoms with Gasteiger partial charge in [0.25, 0.3) is 11.5 Å². The summed E-state index contributed by atoms with van der Waals surface area (Å²) in [6, 6.07) is 0. The zero-order valence-corrected chi connectivity index (χ0v) is 16.4. The minimum atomic E-state index is -0.669. The average molecular weight is 410 g/mol. The summed E-state index contributed by atoms with van der Waals surface area (Å²) in [5, 5.41) is 5.88. The molecule has 4 rings (SSSR count). The summed E-state index contributed by atoms with van der Waals surface area (Å²) in [7, 11) is 1.79. The number of imidazole rings is 1. The molecule has 4 aromatic heterocycles. The van der Waals surface area contributed by atoms with Crippen LogP contribution >= 0.6 is 11.3 Å². The Morgan fingerprint density at radius 3 is 2.97 bits per heavy atom. The molecule has 0 saturated carbocycles. The summed E-state index contributed by atoms with van der Waals surface area (Å²) >= 11 is 1.50. The lowest BCUT2D eigenvalue weighted by Crippen LogP contribution is -2.26. The van der Waals surface area contributed by atoms with Gasteiger partial charge in [0.15, 0.2) is 11.3 Å². The summed E-state index contributed by atoms with van der Waals surface area (Å²) < 4.78 is 3.91. The van der Waals surface area contributed by atoms with Gasteiger partial charge in [0.2, 0.25) is 0 Å². The van der Waals surface area contributed by atoms with Gasteiger partial charge >= 0.3 is 0 Å². The Bertz CT molecular complexity index is 1350. The molecular formula is C18H18N8O2S. The molecule has 5 N–H and O–H groups in total. The zero-order valence-electron chi connectivity index (χ0n) is 15.5. The second kappa shape index (κ2) is 7.02. The third-order valence-electron chi connectivity index (χ3n) is 4.54. The number of aromatic nitrogens is 6. The largest absolute Gasteiger partial charge is 0.405 e. The van der Waals surface area contributed by atoms with Crippen LogP contribution in [0.3, 0.4) is 0 Å². The number of aromatic amines is 1. The molecule has 11 heteroatoms. The second-order valence-corrected chi connectivity index (χ2v) is 7.56. The topological polar surface area (TPSA) is 150 Å². The van der Waals surface area contributed by atoms with Crippen molar-refractivity contribution in [1.82, 2.24) is 29.3 Å². The van der Waals surface area contributed by atoms with Gasteiger partial charge in [-0.3, -0.25) is 9.59 Å². The summed E-state index contributed by atoms with van der Waals surface area (Å²) in [5.41, 5.74) is 13.0. The maximum absolute atomic E-state index is 13.0. The summed E-state index contributed by atoms with van der Waals surface area (Å²) in [4.78, 5) is 35.9. The first kappa shape index (κ1) is 18.6. The van der Waals surface area contributed by atoms with Crippen LogP contribution < -0.4 is 17.0 Å². The van der Waals surface area contributed by atoms with Gasteiger partial charge in [-0.15, -0.1) is 11.3 Å². The lowest BCUT2D eigenvalue weighted by Gasteiger charge is -2.05. The Morgan fingerprint density at radius 2 is 2.24 bits per heavy atom. The zero-order chi connectivity index (χ0) is 20.7. The first-order chi connectivity index (χ1) is 13.9. The average Bonchev–Trinajstić information content (AvgIpc) is 3.34.